The van der Waals surface area contributed by atoms with E-state index >= 15 is 0 Å². The molecule has 28 heavy (non-hydrogen) atoms. The highest BCUT2D eigenvalue weighted by Crippen LogP contribution is 2.36. The molecule has 1 aliphatic carbocycles. The van der Waals surface area contributed by atoms with Crippen LogP contribution >= 0.6 is 0 Å². The predicted octanol–water partition coefficient (Wildman–Crippen LogP) is 1.88. The largest absolute Gasteiger partial charge is 0.355 e. The number of nitrogens with one attached hydrogen (secondary N) is 3. The van der Waals surface area contributed by atoms with Gasteiger partial charge in [0.1, 0.15) is 12.1 Å². The third kappa shape index (κ3) is 3.85. The third-order valence-corrected chi connectivity index (χ3v) is 5.68. The number of hydrogen-bond donors (Lipinski definition) is 3. The molecule has 1 aliphatic heterocycles. The third-order valence-electron chi connectivity index (χ3n) is 5.68. The molecule has 1 aromatic carbocycles. The number of amides is 5. The summed E-state index contributed by atoms with van der Waals surface area (Å²) in [7, 11) is 1.54. The van der Waals surface area contributed by atoms with Crippen molar-refractivity contribution in [2.24, 2.45) is 5.92 Å². The Labute approximate surface area is 164 Å². The molecule has 2 fully saturated rings. The summed E-state index contributed by atoms with van der Waals surface area (Å²) in [5.74, 6) is -0.930. The molecule has 3 rings (SSSR count). The monoisotopic (exact) mass is 386 g/mol. The van der Waals surface area contributed by atoms with E-state index in [1.165, 1.54) is 7.05 Å². The van der Waals surface area contributed by atoms with Gasteiger partial charge in [-0.15, -0.1) is 0 Å². The van der Waals surface area contributed by atoms with Crippen LogP contribution in [0.3, 0.4) is 0 Å². The van der Waals surface area contributed by atoms with E-state index in [9.17, 15) is 19.2 Å². The minimum absolute atomic E-state index is 0.100. The molecule has 1 saturated heterocycles. The molecule has 5 amide bonds. The normalized spacial score (nSPS) is 22.7. The van der Waals surface area contributed by atoms with E-state index in [1.807, 2.05) is 0 Å². The summed E-state index contributed by atoms with van der Waals surface area (Å²) in [5, 5.41) is 7.98. The number of hydrogen-bond acceptors (Lipinski definition) is 4. The molecule has 1 saturated carbocycles. The molecule has 1 heterocycles. The van der Waals surface area contributed by atoms with Gasteiger partial charge in [-0.25, -0.2) is 4.79 Å². The van der Waals surface area contributed by atoms with Gasteiger partial charge in [0.05, 0.1) is 0 Å². The first-order valence-electron chi connectivity index (χ1n) is 9.61. The van der Waals surface area contributed by atoms with Crippen molar-refractivity contribution in [3.05, 3.63) is 29.8 Å². The van der Waals surface area contributed by atoms with Gasteiger partial charge in [0.15, 0.2) is 0 Å². The molecule has 0 radical (unpaired) electrons. The number of rotatable bonds is 5. The molecule has 1 aromatic rings. The molecule has 3 N–H and O–H groups in total. The van der Waals surface area contributed by atoms with Crippen molar-refractivity contribution < 1.29 is 19.2 Å². The number of carbonyl (C=O) groups is 4. The zero-order valence-corrected chi connectivity index (χ0v) is 16.2. The molecule has 0 bridgehead atoms. The quantitative estimate of drug-likeness (QED) is 0.672. The van der Waals surface area contributed by atoms with Crippen molar-refractivity contribution in [3.8, 4) is 0 Å². The van der Waals surface area contributed by atoms with E-state index in [4.69, 9.17) is 0 Å². The fourth-order valence-corrected chi connectivity index (χ4v) is 4.01. The van der Waals surface area contributed by atoms with Gasteiger partial charge in [-0.05, 0) is 49.9 Å². The van der Waals surface area contributed by atoms with E-state index < -0.39 is 17.5 Å². The molecule has 150 valence electrons. The summed E-state index contributed by atoms with van der Waals surface area (Å²) >= 11 is 0. The van der Waals surface area contributed by atoms with Crippen LogP contribution in [0.1, 0.15) is 49.4 Å². The van der Waals surface area contributed by atoms with Crippen molar-refractivity contribution in [1.82, 2.24) is 15.5 Å². The number of carbonyl (C=O) groups excluding carboxylic acids is 4. The fraction of sp³-hybridized carbons (Fsp3) is 0.500. The van der Waals surface area contributed by atoms with Crippen LogP contribution in [-0.4, -0.2) is 47.8 Å². The van der Waals surface area contributed by atoms with Gasteiger partial charge in [-0.2, -0.15) is 0 Å². The average molecular weight is 386 g/mol. The molecule has 0 spiro atoms. The molecule has 8 nitrogen and oxygen atoms in total. The highest BCUT2D eigenvalue weighted by molar-refractivity contribution is 6.10. The van der Waals surface area contributed by atoms with Crippen LogP contribution in [0.25, 0.3) is 0 Å². The summed E-state index contributed by atoms with van der Waals surface area (Å²) in [4.78, 5) is 50.1. The van der Waals surface area contributed by atoms with E-state index in [0.29, 0.717) is 11.3 Å². The number of anilines is 1. The van der Waals surface area contributed by atoms with Crippen LogP contribution in [0.2, 0.25) is 0 Å². The Kier molecular flexibility index (Phi) is 5.67. The van der Waals surface area contributed by atoms with Crippen molar-refractivity contribution in [2.75, 3.05) is 18.9 Å². The molecular formula is C20H26N4O4. The summed E-state index contributed by atoms with van der Waals surface area (Å²) < 4.78 is 0. The lowest BCUT2D eigenvalue weighted by atomic mass is 9.75. The van der Waals surface area contributed by atoms with E-state index in [0.717, 1.165) is 37.0 Å². The van der Waals surface area contributed by atoms with Gasteiger partial charge in [-0.1, -0.05) is 19.3 Å². The Hall–Kier alpha value is -2.90. The fourth-order valence-electron chi connectivity index (χ4n) is 4.01. The molecular weight excluding hydrogens is 360 g/mol. The first-order chi connectivity index (χ1) is 13.3. The zero-order valence-electron chi connectivity index (χ0n) is 16.2. The highest BCUT2D eigenvalue weighted by atomic mass is 16.2. The molecule has 1 atom stereocenters. The highest BCUT2D eigenvalue weighted by Gasteiger charge is 2.52. The van der Waals surface area contributed by atoms with Crippen LogP contribution in [0, 0.1) is 5.92 Å². The summed E-state index contributed by atoms with van der Waals surface area (Å²) in [6, 6.07) is 5.84. The van der Waals surface area contributed by atoms with Gasteiger partial charge in [0.2, 0.25) is 5.91 Å². The number of imide groups is 1. The van der Waals surface area contributed by atoms with Gasteiger partial charge in [0.25, 0.3) is 11.8 Å². The lowest BCUT2D eigenvalue weighted by molar-refractivity contribution is -0.135. The first-order valence-corrected chi connectivity index (χ1v) is 9.61. The second-order valence-corrected chi connectivity index (χ2v) is 7.56. The van der Waals surface area contributed by atoms with Crippen molar-refractivity contribution in [2.45, 2.75) is 44.6 Å². The second kappa shape index (κ2) is 8.00. The number of benzene rings is 1. The van der Waals surface area contributed by atoms with E-state index in [-0.39, 0.29) is 24.3 Å². The van der Waals surface area contributed by atoms with Crippen LogP contribution in [0.15, 0.2) is 24.3 Å². The van der Waals surface area contributed by atoms with Gasteiger partial charge >= 0.3 is 6.03 Å². The van der Waals surface area contributed by atoms with Crippen LogP contribution in [0.4, 0.5) is 10.5 Å². The molecule has 8 heteroatoms. The van der Waals surface area contributed by atoms with Gasteiger partial charge in [-0.3, -0.25) is 19.3 Å². The van der Waals surface area contributed by atoms with Crippen molar-refractivity contribution in [1.29, 1.82) is 0 Å². The van der Waals surface area contributed by atoms with Crippen LogP contribution in [0.5, 0.6) is 0 Å². The molecule has 0 aromatic heterocycles. The predicted molar refractivity (Wildman–Crippen MR) is 104 cm³/mol. The lowest BCUT2D eigenvalue weighted by Gasteiger charge is -2.34. The maximum Gasteiger partial charge on any atom is 0.325 e. The standard InChI is InChI=1S/C20H26N4O4/c1-20(14-6-4-3-5-7-14)18(27)24(19(28)23-20)12-16(25)22-15-10-8-13(9-11-15)17(26)21-2/h8-11,14H,3-7,12H2,1-2H3,(H,21,26)(H,22,25)(H,23,28). The zero-order chi connectivity index (χ0) is 20.3. The summed E-state index contributed by atoms with van der Waals surface area (Å²) in [6.45, 7) is 1.42. The van der Waals surface area contributed by atoms with E-state index in [1.54, 1.807) is 31.2 Å². The van der Waals surface area contributed by atoms with Gasteiger partial charge < -0.3 is 16.0 Å². The Morgan fingerprint density at radius 1 is 1.14 bits per heavy atom. The Balaban J connectivity index is 1.62. The van der Waals surface area contributed by atoms with Crippen molar-refractivity contribution >= 4 is 29.4 Å². The average Bonchev–Trinajstić information content (AvgIpc) is 2.92. The number of urea groups is 1. The second-order valence-electron chi connectivity index (χ2n) is 7.56. The van der Waals surface area contributed by atoms with Gasteiger partial charge in [0, 0.05) is 18.3 Å². The van der Waals surface area contributed by atoms with E-state index in [2.05, 4.69) is 16.0 Å². The Morgan fingerprint density at radius 3 is 2.39 bits per heavy atom. The minimum Gasteiger partial charge on any atom is -0.355 e. The smallest absolute Gasteiger partial charge is 0.325 e. The van der Waals surface area contributed by atoms with Crippen LogP contribution in [-0.2, 0) is 9.59 Å². The number of nitrogens with zero attached hydrogens (tertiary/aromatic N) is 1. The van der Waals surface area contributed by atoms with Crippen molar-refractivity contribution in [3.63, 3.8) is 0 Å². The minimum atomic E-state index is -0.938. The maximum atomic E-state index is 12.9. The maximum absolute atomic E-state index is 12.9. The SMILES string of the molecule is CNC(=O)c1ccc(NC(=O)CN2C(=O)NC(C)(C3CCCCC3)C2=O)cc1. The molecule has 1 unspecified atom stereocenters. The first kappa shape index (κ1) is 19.9. The summed E-state index contributed by atoms with van der Waals surface area (Å²) in [6.07, 6.45) is 5.06. The van der Waals surface area contributed by atoms with Crippen LogP contribution < -0.4 is 16.0 Å². The summed E-state index contributed by atoms with van der Waals surface area (Å²) in [5.41, 5.74) is 0.0186. The molecule has 2 aliphatic rings. The Bertz CT molecular complexity index is 786. The lowest BCUT2D eigenvalue weighted by Crippen LogP contribution is -2.51. The topological polar surface area (TPSA) is 108 Å². The Morgan fingerprint density at radius 2 is 1.79 bits per heavy atom.